The molecule has 11 aromatic carbocycles. The van der Waals surface area contributed by atoms with Gasteiger partial charge in [-0.2, -0.15) is 0 Å². The van der Waals surface area contributed by atoms with Crippen LogP contribution in [-0.4, -0.2) is 9.13 Å². The highest BCUT2D eigenvalue weighted by atomic mass is 16.3. The Bertz CT molecular complexity index is 5090. The van der Waals surface area contributed by atoms with E-state index in [-0.39, 0.29) is 0 Å². The molecule has 0 fully saturated rings. The fourth-order valence-corrected chi connectivity index (χ4v) is 14.3. The second kappa shape index (κ2) is 17.3. The molecule has 3 heteroatoms. The molecule has 0 saturated carbocycles. The third kappa shape index (κ3) is 6.61. The normalized spacial score (nSPS) is 14.4. The van der Waals surface area contributed by atoms with Gasteiger partial charge in [-0.1, -0.05) is 188 Å². The van der Waals surface area contributed by atoms with Crippen molar-refractivity contribution in [3.05, 3.63) is 276 Å². The number of hydrogen-bond donors (Lipinski definition) is 0. The van der Waals surface area contributed by atoms with Gasteiger partial charge in [0.25, 0.3) is 0 Å². The van der Waals surface area contributed by atoms with E-state index in [1.165, 1.54) is 138 Å². The molecular formula is C77H52N2O. The lowest BCUT2D eigenvalue weighted by atomic mass is 9.89. The third-order valence-electron chi connectivity index (χ3n) is 17.8. The van der Waals surface area contributed by atoms with E-state index in [0.717, 1.165) is 46.2 Å². The van der Waals surface area contributed by atoms with Crippen LogP contribution in [0.2, 0.25) is 0 Å². The summed E-state index contributed by atoms with van der Waals surface area (Å²) in [7, 11) is 0. The van der Waals surface area contributed by atoms with E-state index in [9.17, 15) is 0 Å². The minimum atomic E-state index is 0.365. The molecule has 14 aromatic rings. The van der Waals surface area contributed by atoms with Crippen LogP contribution in [-0.2, 0) is 12.8 Å². The van der Waals surface area contributed by atoms with Crippen molar-refractivity contribution in [2.45, 2.75) is 26.7 Å². The summed E-state index contributed by atoms with van der Waals surface area (Å²) in [4.78, 5) is 0. The third-order valence-corrected chi connectivity index (χ3v) is 17.8. The van der Waals surface area contributed by atoms with Crippen LogP contribution >= 0.6 is 0 Å². The number of aromatic nitrogens is 2. The predicted octanol–water partition coefficient (Wildman–Crippen LogP) is 20.5. The number of allylic oxidation sites excluding steroid dienone is 5. The number of benzene rings is 11. The maximum Gasteiger partial charge on any atom is 0.136 e. The van der Waals surface area contributed by atoms with Gasteiger partial charge in [0.1, 0.15) is 11.2 Å². The van der Waals surface area contributed by atoms with Crippen molar-refractivity contribution in [3.8, 4) is 67.0 Å². The molecule has 3 aliphatic rings. The van der Waals surface area contributed by atoms with E-state index < -0.39 is 0 Å². The number of aryl methyl sites for hydroxylation is 1. The van der Waals surface area contributed by atoms with Crippen LogP contribution in [0.25, 0.3) is 144 Å². The van der Waals surface area contributed by atoms with Crippen molar-refractivity contribution in [3.63, 3.8) is 0 Å². The van der Waals surface area contributed by atoms with Crippen molar-refractivity contribution in [2.24, 2.45) is 5.92 Å². The summed E-state index contributed by atoms with van der Waals surface area (Å²) in [6, 6.07) is 81.2. The lowest BCUT2D eigenvalue weighted by molar-refractivity contribution is 0.669. The number of hydrogen-bond acceptors (Lipinski definition) is 1. The molecule has 3 aliphatic carbocycles. The van der Waals surface area contributed by atoms with Gasteiger partial charge < -0.3 is 13.6 Å². The van der Waals surface area contributed by atoms with Crippen molar-refractivity contribution in [1.29, 1.82) is 0 Å². The molecule has 0 bridgehead atoms. The maximum atomic E-state index is 6.68. The maximum absolute atomic E-state index is 6.68. The summed E-state index contributed by atoms with van der Waals surface area (Å²) in [6.07, 6.45) is 13.5. The molecule has 0 aliphatic heterocycles. The molecule has 0 spiro atoms. The molecule has 1 atom stereocenters. The van der Waals surface area contributed by atoms with Gasteiger partial charge in [0, 0.05) is 62.2 Å². The van der Waals surface area contributed by atoms with Crippen LogP contribution in [0.5, 0.6) is 0 Å². The van der Waals surface area contributed by atoms with E-state index >= 15 is 0 Å². The van der Waals surface area contributed by atoms with Gasteiger partial charge in [-0.15, -0.1) is 0 Å². The number of fused-ring (bicyclic) bond motifs is 14. The second-order valence-electron chi connectivity index (χ2n) is 22.1. The van der Waals surface area contributed by atoms with Crippen molar-refractivity contribution < 1.29 is 4.42 Å². The van der Waals surface area contributed by atoms with Crippen molar-refractivity contribution in [1.82, 2.24) is 9.13 Å². The van der Waals surface area contributed by atoms with E-state index in [0.29, 0.717) is 5.92 Å². The molecule has 3 nitrogen and oxygen atoms in total. The zero-order valence-corrected chi connectivity index (χ0v) is 44.5. The van der Waals surface area contributed by atoms with E-state index in [1.54, 1.807) is 0 Å². The van der Waals surface area contributed by atoms with Gasteiger partial charge >= 0.3 is 0 Å². The summed E-state index contributed by atoms with van der Waals surface area (Å²) >= 11 is 0. The number of furan rings is 1. The van der Waals surface area contributed by atoms with E-state index in [2.05, 4.69) is 272 Å². The molecule has 0 N–H and O–H groups in total. The Labute approximate surface area is 463 Å². The summed E-state index contributed by atoms with van der Waals surface area (Å²) in [5.74, 6) is 0.365. The Morgan fingerprint density at radius 2 is 1.07 bits per heavy atom. The van der Waals surface area contributed by atoms with Crippen LogP contribution in [0.1, 0.15) is 40.6 Å². The van der Waals surface area contributed by atoms with Gasteiger partial charge in [-0.25, -0.2) is 0 Å². The van der Waals surface area contributed by atoms with Crippen LogP contribution in [0.15, 0.2) is 247 Å². The highest BCUT2D eigenvalue weighted by Crippen LogP contribution is 2.53. The molecule has 3 heterocycles. The van der Waals surface area contributed by atoms with Gasteiger partial charge in [-0.05, 0) is 180 Å². The quantitative estimate of drug-likeness (QED) is 0.146. The largest absolute Gasteiger partial charge is 0.456 e. The molecule has 376 valence electrons. The average Bonchev–Trinajstić information content (AvgIpc) is 3.91. The molecule has 17 rings (SSSR count). The lowest BCUT2D eigenvalue weighted by Crippen LogP contribution is -2.03. The minimum absolute atomic E-state index is 0.365. The molecule has 80 heavy (non-hydrogen) atoms. The van der Waals surface area contributed by atoms with E-state index in [1.807, 2.05) is 0 Å². The Morgan fingerprint density at radius 3 is 1.85 bits per heavy atom. The topological polar surface area (TPSA) is 23.0 Å². The minimum Gasteiger partial charge on any atom is -0.456 e. The fraction of sp³-hybridized carbons (Fsp3) is 0.0649. The SMILES string of the molecule is C/C=C\c1c(C)c2c(-c3cccc4oc5ccc(-c6cccc7ccccc67)cc5c34)cccc2n1-c1cccc(-n2c3c(c4c(-c5cccc6c5-c5cc(-c7cccc8ccccc78)ccc5C6)cccc42)C2=C[C@H]2C=CC3)c1. The standard InChI is InChI=1S/C77H52N2O/c1-3-16-67-46(2)73-60(62-32-15-36-72-75(62)66-44-52(39-40-71(66)80-72)59-28-9-20-48-18-5-7-26-57(48)59)30-13-34-68(73)78(67)54-23-12-24-55(45-54)79-69-35-14-31-63(76(69)77-65-42-49(65)21-11-33-70(77)79)61-29-10-22-53-41-50-37-38-51(43-64(50)74(53)61)58-27-8-19-47-17-4-6-25-56(47)58/h3-32,34-40,42-45,49H,33,41H2,1-2H3/b16-3-/t49-/m1/s1. The monoisotopic (exact) mass is 1020 g/mol. The van der Waals surface area contributed by atoms with Crippen LogP contribution in [0.4, 0.5) is 0 Å². The molecule has 0 unspecified atom stereocenters. The van der Waals surface area contributed by atoms with Gasteiger partial charge in [0.05, 0.1) is 11.0 Å². The summed E-state index contributed by atoms with van der Waals surface area (Å²) < 4.78 is 11.7. The van der Waals surface area contributed by atoms with Gasteiger partial charge in [0.15, 0.2) is 0 Å². The second-order valence-corrected chi connectivity index (χ2v) is 22.1. The summed E-state index contributed by atoms with van der Waals surface area (Å²) in [5.41, 5.74) is 28.4. The number of rotatable bonds is 7. The lowest BCUT2D eigenvalue weighted by Gasteiger charge is -2.15. The first-order valence-corrected chi connectivity index (χ1v) is 28.2. The van der Waals surface area contributed by atoms with E-state index in [4.69, 9.17) is 4.42 Å². The smallest absolute Gasteiger partial charge is 0.136 e. The van der Waals surface area contributed by atoms with Crippen molar-refractivity contribution >= 4 is 76.9 Å². The number of nitrogens with zero attached hydrogens (tertiary/aromatic N) is 2. The first kappa shape index (κ1) is 45.1. The predicted molar refractivity (Wildman–Crippen MR) is 336 cm³/mol. The first-order chi connectivity index (χ1) is 39.6. The zero-order valence-electron chi connectivity index (χ0n) is 44.5. The van der Waals surface area contributed by atoms with Gasteiger partial charge in [-0.3, -0.25) is 0 Å². The fourth-order valence-electron chi connectivity index (χ4n) is 14.3. The van der Waals surface area contributed by atoms with Crippen LogP contribution in [0, 0.1) is 12.8 Å². The summed E-state index contributed by atoms with van der Waals surface area (Å²) in [5, 5.41) is 9.86. The molecule has 0 saturated heterocycles. The Balaban J connectivity index is 0.828. The van der Waals surface area contributed by atoms with Crippen LogP contribution in [0.3, 0.4) is 0 Å². The summed E-state index contributed by atoms with van der Waals surface area (Å²) in [6.45, 7) is 4.42. The Hall–Kier alpha value is -9.96. The Kier molecular flexibility index (Phi) is 9.74. The van der Waals surface area contributed by atoms with Crippen molar-refractivity contribution in [2.75, 3.05) is 0 Å². The molecule has 0 radical (unpaired) electrons. The zero-order chi connectivity index (χ0) is 52.7. The highest BCUT2D eigenvalue weighted by Gasteiger charge is 2.35. The average molecular weight is 1020 g/mol. The molecular weight excluding hydrogens is 969 g/mol. The van der Waals surface area contributed by atoms with Gasteiger partial charge in [0.2, 0.25) is 0 Å². The van der Waals surface area contributed by atoms with Crippen LogP contribution < -0.4 is 0 Å². The highest BCUT2D eigenvalue weighted by molar-refractivity contribution is 6.17. The molecule has 0 amide bonds. The molecule has 3 aromatic heterocycles. The Morgan fingerprint density at radius 1 is 0.463 bits per heavy atom. The first-order valence-electron chi connectivity index (χ1n) is 28.2.